The van der Waals surface area contributed by atoms with Gasteiger partial charge < -0.3 is 14.7 Å². The van der Waals surface area contributed by atoms with Gasteiger partial charge in [0.25, 0.3) is 0 Å². The van der Waals surface area contributed by atoms with Gasteiger partial charge in [-0.25, -0.2) is 9.24 Å². The highest BCUT2D eigenvalue weighted by Gasteiger charge is 2.55. The van der Waals surface area contributed by atoms with E-state index in [2.05, 4.69) is 0 Å². The predicted octanol–water partition coefficient (Wildman–Crippen LogP) is 3.59. The first-order valence-electron chi connectivity index (χ1n) is 8.61. The van der Waals surface area contributed by atoms with Crippen LogP contribution in [0.15, 0.2) is 0 Å². The second kappa shape index (κ2) is 5.84. The van der Waals surface area contributed by atoms with Crippen LogP contribution < -0.4 is 0 Å². The molecule has 0 amide bonds. The highest BCUT2D eigenvalue weighted by molar-refractivity contribution is 8.84. The summed E-state index contributed by atoms with van der Waals surface area (Å²) in [5, 5.41) is 0. The summed E-state index contributed by atoms with van der Waals surface area (Å²) in [7, 11) is 0. The van der Waals surface area contributed by atoms with Crippen molar-refractivity contribution in [2.24, 2.45) is 23.7 Å². The van der Waals surface area contributed by atoms with Crippen LogP contribution in [-0.4, -0.2) is 31.4 Å². The number of hydrogen-bond acceptors (Lipinski definition) is 3. The number of fused-ring (bicyclic) bond motifs is 4. The lowest BCUT2D eigenvalue weighted by atomic mass is 9.90. The molecule has 0 heterocycles. The quantitative estimate of drug-likeness (QED) is 0.626. The van der Waals surface area contributed by atoms with Gasteiger partial charge in [-0.3, -0.25) is 4.57 Å². The van der Waals surface area contributed by atoms with Crippen molar-refractivity contribution in [1.29, 1.82) is 0 Å². The molecule has 0 aliphatic heterocycles. The van der Waals surface area contributed by atoms with Crippen LogP contribution in [0.1, 0.15) is 51.4 Å². The summed E-state index contributed by atoms with van der Waals surface area (Å²) in [6.07, 6.45) is 8.65. The lowest BCUT2D eigenvalue weighted by molar-refractivity contribution is 0.136. The molecule has 0 radical (unpaired) electrons. The van der Waals surface area contributed by atoms with E-state index in [1.807, 2.05) is 0 Å². The highest BCUT2D eigenvalue weighted by Crippen LogP contribution is 2.76. The zero-order valence-electron chi connectivity index (χ0n) is 13.0. The Labute approximate surface area is 140 Å². The lowest BCUT2D eigenvalue weighted by Gasteiger charge is -2.43. The van der Waals surface area contributed by atoms with Gasteiger partial charge in [0, 0.05) is 12.1 Å². The number of hydrogen-bond donors (Lipinski definition) is 3. The van der Waals surface area contributed by atoms with E-state index in [0.717, 1.165) is 38.5 Å². The van der Waals surface area contributed by atoms with Crippen LogP contribution in [0.2, 0.25) is 0 Å². The maximum Gasteiger partial charge on any atom is 0.394 e. The third-order valence-electron chi connectivity index (χ3n) is 6.59. The molecule has 4 saturated carbocycles. The van der Waals surface area contributed by atoms with Crippen molar-refractivity contribution in [2.45, 2.75) is 63.5 Å². The van der Waals surface area contributed by atoms with Crippen LogP contribution >= 0.6 is 24.5 Å². The van der Waals surface area contributed by atoms with Crippen LogP contribution in [-0.2, 0) is 9.13 Å². The van der Waals surface area contributed by atoms with Crippen molar-refractivity contribution in [2.75, 3.05) is 0 Å². The average Bonchev–Trinajstić information content (AvgIpc) is 3.16. The zero-order chi connectivity index (χ0) is 16.4. The molecule has 4 fully saturated rings. The zero-order valence-corrected chi connectivity index (χ0v) is 15.6. The van der Waals surface area contributed by atoms with Crippen molar-refractivity contribution < 1.29 is 23.8 Å². The molecule has 7 atom stereocenters. The second-order valence-corrected chi connectivity index (χ2v) is 15.3. The smallest absolute Gasteiger partial charge is 0.325 e. The molecule has 0 aromatic heterocycles. The van der Waals surface area contributed by atoms with Crippen LogP contribution in [0.5, 0.6) is 0 Å². The Bertz CT molecular complexity index is 556. The first-order valence-corrected chi connectivity index (χ1v) is 13.9. The van der Waals surface area contributed by atoms with Crippen molar-refractivity contribution in [3.63, 3.8) is 0 Å². The molecule has 6 nitrogen and oxygen atoms in total. The molecule has 23 heavy (non-hydrogen) atoms. The number of rotatable bonds is 5. The largest absolute Gasteiger partial charge is 0.394 e. The average molecular weight is 381 g/mol. The van der Waals surface area contributed by atoms with E-state index in [-0.39, 0.29) is 23.1 Å². The summed E-state index contributed by atoms with van der Waals surface area (Å²) < 4.78 is 26.1. The summed E-state index contributed by atoms with van der Waals surface area (Å²) in [4.78, 5) is 29.2. The van der Waals surface area contributed by atoms with Gasteiger partial charge in [-0.1, -0.05) is 12.8 Å². The van der Waals surface area contributed by atoms with Crippen LogP contribution in [0.25, 0.3) is 0 Å². The molecule has 9 heteroatoms. The van der Waals surface area contributed by atoms with Crippen molar-refractivity contribution in [1.82, 2.24) is 4.67 Å². The molecule has 4 aliphatic carbocycles. The summed E-state index contributed by atoms with van der Waals surface area (Å²) in [6, 6.07) is 0.0703. The molecule has 4 aliphatic rings. The molecule has 0 saturated heterocycles. The Morgan fingerprint density at radius 3 is 1.57 bits per heavy atom. The van der Waals surface area contributed by atoms with Crippen molar-refractivity contribution in [3.05, 3.63) is 0 Å². The topological polar surface area (TPSA) is 98.1 Å². The van der Waals surface area contributed by atoms with E-state index >= 15 is 0 Å². The summed E-state index contributed by atoms with van der Waals surface area (Å²) >= 11 is -0.000746. The first-order chi connectivity index (χ1) is 10.7. The Morgan fingerprint density at radius 1 is 0.783 bits per heavy atom. The molecular weight excluding hydrogens is 356 g/mol. The van der Waals surface area contributed by atoms with Gasteiger partial charge in [0.2, 0.25) is 0 Å². The highest BCUT2D eigenvalue weighted by atomic mass is 33.1. The fourth-order valence-corrected chi connectivity index (χ4v) is 12.6. The third-order valence-corrected chi connectivity index (χ3v) is 13.9. The SMILES string of the molecule is O=P(O)(O)SP(=O)(O)N(C1CC2CCC1C2)C1CC2CCC1C2. The molecule has 0 spiro atoms. The molecule has 3 N–H and O–H groups in total. The van der Waals surface area contributed by atoms with Gasteiger partial charge in [-0.2, -0.15) is 0 Å². The molecule has 0 aromatic rings. The van der Waals surface area contributed by atoms with Gasteiger partial charge in [0.1, 0.15) is 0 Å². The fraction of sp³-hybridized carbons (Fsp3) is 1.00. The summed E-state index contributed by atoms with van der Waals surface area (Å²) in [5.74, 6) is 2.12. The Hall–Kier alpha value is 0.650. The fourth-order valence-electron chi connectivity index (χ4n) is 5.87. The normalized spacial score (nSPS) is 45.0. The molecule has 7 unspecified atom stereocenters. The Morgan fingerprint density at radius 2 is 1.26 bits per heavy atom. The van der Waals surface area contributed by atoms with Crippen LogP contribution in [0.3, 0.4) is 0 Å². The standard InChI is InChI=1S/C14H25NO5P2S/c16-21(17,23-22(18,19)20)15(13-7-9-1-3-11(13)5-9)14-8-10-2-4-12(14)6-10/h9-14H,1-8H2,(H,16,17)(H2,18,19,20). The third kappa shape index (κ3) is 3.23. The first kappa shape index (κ1) is 17.1. The molecule has 4 rings (SSSR count). The van der Waals surface area contributed by atoms with Gasteiger partial charge in [0.05, 0.1) is 11.0 Å². The van der Waals surface area contributed by atoms with Crippen molar-refractivity contribution in [3.8, 4) is 0 Å². The monoisotopic (exact) mass is 381 g/mol. The number of nitrogens with zero attached hydrogens (tertiary/aromatic N) is 1. The molecule has 0 aromatic carbocycles. The van der Waals surface area contributed by atoms with Crippen LogP contribution in [0, 0.1) is 23.7 Å². The van der Waals surface area contributed by atoms with Gasteiger partial charge in [0.15, 0.2) is 0 Å². The minimum Gasteiger partial charge on any atom is -0.325 e. The van der Waals surface area contributed by atoms with E-state index in [9.17, 15) is 23.8 Å². The maximum atomic E-state index is 13.0. The Kier molecular flexibility index (Phi) is 4.34. The van der Waals surface area contributed by atoms with Gasteiger partial charge in [-0.15, -0.1) is 0 Å². The lowest BCUT2D eigenvalue weighted by Crippen LogP contribution is -2.45. The van der Waals surface area contributed by atoms with Crippen molar-refractivity contribution >= 4 is 24.5 Å². The van der Waals surface area contributed by atoms with E-state index in [1.165, 1.54) is 12.8 Å². The van der Waals surface area contributed by atoms with Gasteiger partial charge in [-0.05, 0) is 62.2 Å². The summed E-state index contributed by atoms with van der Waals surface area (Å²) in [6.45, 7) is -8.69. The summed E-state index contributed by atoms with van der Waals surface area (Å²) in [5.41, 5.74) is 0. The predicted molar refractivity (Wildman–Crippen MR) is 89.8 cm³/mol. The van der Waals surface area contributed by atoms with E-state index in [1.54, 1.807) is 4.67 Å². The van der Waals surface area contributed by atoms with Gasteiger partial charge >= 0.3 is 13.5 Å². The van der Waals surface area contributed by atoms with E-state index < -0.39 is 13.5 Å². The van der Waals surface area contributed by atoms with Crippen LogP contribution in [0.4, 0.5) is 0 Å². The molecule has 4 bridgehead atoms. The van der Waals surface area contributed by atoms with E-state index in [4.69, 9.17) is 0 Å². The maximum absolute atomic E-state index is 13.0. The molecule has 132 valence electrons. The minimum absolute atomic E-state index is 0.000746. The molecular formula is C14H25NO5P2S. The minimum atomic E-state index is -4.59. The second-order valence-electron chi connectivity index (χ2n) is 7.93. The van der Waals surface area contributed by atoms with E-state index in [0.29, 0.717) is 23.7 Å². The Balaban J connectivity index is 1.64.